The van der Waals surface area contributed by atoms with E-state index < -0.39 is 0 Å². The van der Waals surface area contributed by atoms with Crippen LogP contribution in [-0.2, 0) is 0 Å². The first-order chi connectivity index (χ1) is 33.2. The smallest absolute Gasteiger partial charge is 0.213 e. The summed E-state index contributed by atoms with van der Waals surface area (Å²) in [6, 6.07) is 80.8. The molecule has 5 heterocycles. The van der Waals surface area contributed by atoms with E-state index in [-0.39, 0.29) is 0 Å². The summed E-state index contributed by atoms with van der Waals surface area (Å²) in [5.41, 5.74) is 17.3. The van der Waals surface area contributed by atoms with Gasteiger partial charge in [0.05, 0.1) is 33.0 Å². The van der Waals surface area contributed by atoms with Gasteiger partial charge in [0.1, 0.15) is 16.7 Å². The van der Waals surface area contributed by atoms with Gasteiger partial charge < -0.3 is 18.0 Å². The van der Waals surface area contributed by atoms with E-state index in [0.29, 0.717) is 0 Å². The summed E-state index contributed by atoms with van der Waals surface area (Å²) < 4.78 is 20.0. The fourth-order valence-electron chi connectivity index (χ4n) is 11.0. The molecule has 15 aromatic rings. The van der Waals surface area contributed by atoms with Gasteiger partial charge in [-0.3, -0.25) is 4.57 Å². The van der Waals surface area contributed by atoms with Crippen molar-refractivity contribution in [3.63, 3.8) is 0 Å². The molecule has 0 N–H and O–H groups in total. The highest BCUT2D eigenvalue weighted by Gasteiger charge is 2.21. The molecule has 0 amide bonds. The van der Waals surface area contributed by atoms with E-state index in [2.05, 4.69) is 226 Å². The van der Waals surface area contributed by atoms with Gasteiger partial charge in [0, 0.05) is 60.2 Å². The highest BCUT2D eigenvalue weighted by Crippen LogP contribution is 2.42. The van der Waals surface area contributed by atoms with Crippen LogP contribution in [0, 0.1) is 0 Å². The largest absolute Gasteiger partial charge is 0.456 e. The van der Waals surface area contributed by atoms with Crippen LogP contribution in [0.4, 0.5) is 0 Å². The van der Waals surface area contributed by atoms with Crippen LogP contribution in [0.1, 0.15) is 0 Å². The third kappa shape index (κ3) is 5.25. The van der Waals surface area contributed by atoms with Crippen LogP contribution in [0.15, 0.2) is 233 Å². The maximum absolute atomic E-state index is 6.74. The van der Waals surface area contributed by atoms with Gasteiger partial charge in [-0.15, -0.1) is 0 Å². The van der Waals surface area contributed by atoms with Crippen LogP contribution < -0.4 is 0 Å². The summed E-state index contributed by atoms with van der Waals surface area (Å²) in [4.78, 5) is 0. The predicted molar refractivity (Wildman–Crippen MR) is 277 cm³/mol. The Morgan fingerprint density at radius 3 is 1.43 bits per heavy atom. The van der Waals surface area contributed by atoms with Crippen molar-refractivity contribution in [2.75, 3.05) is 0 Å². The fraction of sp³-hybridized carbons (Fsp3) is 0. The van der Waals surface area contributed by atoms with Gasteiger partial charge in [-0.2, -0.15) is 0 Å². The SMILES string of the molecule is c1ccc(-n2c3ccccc3c3c4ccc(-c5ccc(-n6c7ccccc7c7cc(-c8ccc9c(c8)c8ccccc8n9-c8ccc9oc%10ccccc%10c9c8)ccc76)cc5)cc4oc32)cc1. The molecule has 0 atom stereocenters. The number of furan rings is 2. The minimum atomic E-state index is 0.867. The summed E-state index contributed by atoms with van der Waals surface area (Å²) in [7, 11) is 0. The van der Waals surface area contributed by atoms with Crippen molar-refractivity contribution < 1.29 is 8.83 Å². The summed E-state index contributed by atoms with van der Waals surface area (Å²) >= 11 is 0. The Kier molecular flexibility index (Phi) is 7.44. The van der Waals surface area contributed by atoms with Crippen molar-refractivity contribution in [2.45, 2.75) is 0 Å². The second kappa shape index (κ2) is 13.7. The van der Waals surface area contributed by atoms with Crippen LogP contribution in [0.2, 0.25) is 0 Å². The van der Waals surface area contributed by atoms with Gasteiger partial charge >= 0.3 is 0 Å². The molecule has 0 aliphatic carbocycles. The summed E-state index contributed by atoms with van der Waals surface area (Å²) in [5.74, 6) is 0. The normalized spacial score (nSPS) is 12.2. The molecular weight excluding hydrogens is 819 g/mol. The predicted octanol–water partition coefficient (Wildman–Crippen LogP) is 17.0. The molecule has 5 aromatic heterocycles. The molecule has 0 unspecified atom stereocenters. The molecule has 0 radical (unpaired) electrons. The number of para-hydroxylation sites is 5. The van der Waals surface area contributed by atoms with Crippen LogP contribution in [-0.4, -0.2) is 13.7 Å². The molecule has 15 rings (SSSR count). The van der Waals surface area contributed by atoms with E-state index in [1.807, 2.05) is 12.1 Å². The van der Waals surface area contributed by atoms with E-state index in [1.165, 1.54) is 60.1 Å². The van der Waals surface area contributed by atoms with Gasteiger partial charge in [-0.05, 0) is 125 Å². The number of benzene rings is 10. The second-order valence-electron chi connectivity index (χ2n) is 17.7. The van der Waals surface area contributed by atoms with Crippen molar-refractivity contribution in [1.82, 2.24) is 13.7 Å². The molecule has 0 saturated heterocycles. The number of hydrogen-bond donors (Lipinski definition) is 0. The van der Waals surface area contributed by atoms with Gasteiger partial charge in [0.2, 0.25) is 5.71 Å². The van der Waals surface area contributed by atoms with Crippen LogP contribution in [0.3, 0.4) is 0 Å². The monoisotopic (exact) mass is 855 g/mol. The molecule has 5 nitrogen and oxygen atoms in total. The Balaban J connectivity index is 0.809. The minimum absolute atomic E-state index is 0.867. The summed E-state index contributed by atoms with van der Waals surface area (Å²) in [5, 5.41) is 10.6. The highest BCUT2D eigenvalue weighted by molar-refractivity contribution is 6.20. The van der Waals surface area contributed by atoms with Crippen LogP contribution in [0.25, 0.3) is 138 Å². The average Bonchev–Trinajstić information content (AvgIpc) is 4.19. The first kappa shape index (κ1) is 36.3. The van der Waals surface area contributed by atoms with Gasteiger partial charge in [0.15, 0.2) is 0 Å². The van der Waals surface area contributed by atoms with Crippen molar-refractivity contribution in [2.24, 2.45) is 0 Å². The lowest BCUT2D eigenvalue weighted by molar-refractivity contribution is 0.645. The Hall–Kier alpha value is -9.06. The summed E-state index contributed by atoms with van der Waals surface area (Å²) in [6.07, 6.45) is 0. The fourth-order valence-corrected chi connectivity index (χ4v) is 11.0. The Bertz CT molecular complexity index is 4500. The van der Waals surface area contributed by atoms with E-state index in [1.54, 1.807) is 0 Å². The van der Waals surface area contributed by atoms with E-state index >= 15 is 0 Å². The number of fused-ring (bicyclic) bond motifs is 14. The van der Waals surface area contributed by atoms with E-state index in [9.17, 15) is 0 Å². The third-order valence-corrected chi connectivity index (χ3v) is 14.1. The number of nitrogens with zero attached hydrogens (tertiary/aromatic N) is 3. The Morgan fingerprint density at radius 1 is 0.239 bits per heavy atom. The van der Waals surface area contributed by atoms with E-state index in [4.69, 9.17) is 8.83 Å². The minimum Gasteiger partial charge on any atom is -0.456 e. The number of aromatic nitrogens is 3. The maximum Gasteiger partial charge on any atom is 0.213 e. The number of rotatable bonds is 5. The molecule has 0 spiro atoms. The quantitative estimate of drug-likeness (QED) is 0.173. The molecule has 0 aliphatic rings. The molecular formula is C62H37N3O2. The lowest BCUT2D eigenvalue weighted by Crippen LogP contribution is -1.94. The molecule has 10 aromatic carbocycles. The maximum atomic E-state index is 6.74. The average molecular weight is 856 g/mol. The van der Waals surface area contributed by atoms with Crippen LogP contribution >= 0.6 is 0 Å². The first-order valence-corrected chi connectivity index (χ1v) is 22.8. The van der Waals surface area contributed by atoms with Gasteiger partial charge in [0.25, 0.3) is 0 Å². The molecule has 67 heavy (non-hydrogen) atoms. The lowest BCUT2D eigenvalue weighted by atomic mass is 10.0. The zero-order valence-electron chi connectivity index (χ0n) is 36.0. The summed E-state index contributed by atoms with van der Waals surface area (Å²) in [6.45, 7) is 0. The molecule has 0 saturated carbocycles. The van der Waals surface area contributed by atoms with Crippen molar-refractivity contribution in [1.29, 1.82) is 0 Å². The molecule has 0 bridgehead atoms. The molecule has 312 valence electrons. The first-order valence-electron chi connectivity index (χ1n) is 22.8. The van der Waals surface area contributed by atoms with Crippen molar-refractivity contribution >= 4 is 98.5 Å². The lowest BCUT2D eigenvalue weighted by Gasteiger charge is -2.10. The molecule has 0 fully saturated rings. The van der Waals surface area contributed by atoms with Crippen molar-refractivity contribution in [3.8, 4) is 39.3 Å². The molecule has 5 heteroatoms. The Morgan fingerprint density at radius 2 is 0.731 bits per heavy atom. The molecule has 0 aliphatic heterocycles. The zero-order chi connectivity index (χ0) is 43.7. The topological polar surface area (TPSA) is 41.1 Å². The standard InChI is InChI=1S/C62H37N3O2/c1-2-12-42(13-3-1)65-55-20-10-6-17-48(55)61-49-30-24-41(36-60(49)67-62(61)65)38-22-27-43(28-23-38)63-53-18-8-4-14-45(53)50-34-39(25-31-56(50)63)40-26-32-57-51(35-40)46-15-5-9-19-54(46)64(57)44-29-33-59-52(37-44)47-16-7-11-21-58(47)66-59/h1-37H. The van der Waals surface area contributed by atoms with Gasteiger partial charge in [-0.1, -0.05) is 121 Å². The second-order valence-corrected chi connectivity index (χ2v) is 17.7. The van der Waals surface area contributed by atoms with Crippen LogP contribution in [0.5, 0.6) is 0 Å². The number of hydrogen-bond acceptors (Lipinski definition) is 2. The zero-order valence-corrected chi connectivity index (χ0v) is 36.0. The Labute approximate surface area is 383 Å². The van der Waals surface area contributed by atoms with Crippen molar-refractivity contribution in [3.05, 3.63) is 224 Å². The van der Waals surface area contributed by atoms with Gasteiger partial charge in [-0.25, -0.2) is 0 Å². The van der Waals surface area contributed by atoms with E-state index in [0.717, 1.165) is 77.7 Å². The highest BCUT2D eigenvalue weighted by atomic mass is 16.3. The third-order valence-electron chi connectivity index (χ3n) is 14.1.